The topological polar surface area (TPSA) is 9.23 Å². The molecule has 0 saturated heterocycles. The Morgan fingerprint density at radius 2 is 1.30 bits per heavy atom. The van der Waals surface area contributed by atoms with E-state index in [1.807, 2.05) is 31.2 Å². The highest BCUT2D eigenvalue weighted by Gasteiger charge is 2.11. The van der Waals surface area contributed by atoms with Crippen LogP contribution >= 0.6 is 11.6 Å². The molecule has 2 rings (SSSR count). The van der Waals surface area contributed by atoms with Crippen LogP contribution in [0.15, 0.2) is 48.5 Å². The fraction of sp³-hybridized carbons (Fsp3) is 0.333. The van der Waals surface area contributed by atoms with Crippen molar-refractivity contribution in [2.24, 2.45) is 0 Å². The van der Waals surface area contributed by atoms with Crippen LogP contribution in [0.1, 0.15) is 48.8 Å². The maximum atomic E-state index is 6.55. The molecule has 1 atom stereocenters. The lowest BCUT2D eigenvalue weighted by atomic mass is 9.98. The van der Waals surface area contributed by atoms with Crippen LogP contribution in [0.4, 0.5) is 0 Å². The van der Waals surface area contributed by atoms with Gasteiger partial charge in [-0.1, -0.05) is 50.2 Å². The van der Waals surface area contributed by atoms with Crippen LogP contribution in [0.3, 0.4) is 0 Å². The van der Waals surface area contributed by atoms with Crippen molar-refractivity contribution in [2.75, 3.05) is 6.61 Å². The maximum absolute atomic E-state index is 6.55. The second-order valence-electron chi connectivity index (χ2n) is 5.19. The normalized spacial score (nSPS) is 12.4. The van der Waals surface area contributed by atoms with Gasteiger partial charge in [-0.05, 0) is 41.7 Å². The Labute approximate surface area is 126 Å². The summed E-state index contributed by atoms with van der Waals surface area (Å²) in [6.45, 7) is 7.05. The lowest BCUT2D eigenvalue weighted by molar-refractivity contribution is 0.340. The summed E-state index contributed by atoms with van der Waals surface area (Å²) in [6.07, 6.45) is 0. The number of benzene rings is 2. The molecule has 0 saturated carbocycles. The highest BCUT2D eigenvalue weighted by atomic mass is 35.5. The fourth-order valence-corrected chi connectivity index (χ4v) is 2.43. The minimum absolute atomic E-state index is 0.119. The highest BCUT2D eigenvalue weighted by Crippen LogP contribution is 2.30. The Kier molecular flexibility index (Phi) is 5.08. The number of ether oxygens (including phenoxy) is 1. The van der Waals surface area contributed by atoms with E-state index in [0.717, 1.165) is 16.9 Å². The monoisotopic (exact) mass is 288 g/mol. The van der Waals surface area contributed by atoms with Crippen LogP contribution in [-0.2, 0) is 0 Å². The second-order valence-corrected chi connectivity index (χ2v) is 5.62. The Bertz CT molecular complexity index is 528. The van der Waals surface area contributed by atoms with E-state index in [-0.39, 0.29) is 5.38 Å². The summed E-state index contributed by atoms with van der Waals surface area (Å²) in [5, 5.41) is -0.119. The number of halogens is 1. The molecule has 0 amide bonds. The number of hydrogen-bond donors (Lipinski definition) is 0. The third kappa shape index (κ3) is 3.55. The van der Waals surface area contributed by atoms with Crippen LogP contribution in [0.2, 0.25) is 0 Å². The molecule has 0 heterocycles. The molecule has 0 fully saturated rings. The molecule has 2 aromatic rings. The fourth-order valence-electron chi connectivity index (χ4n) is 2.14. The van der Waals surface area contributed by atoms with Gasteiger partial charge < -0.3 is 4.74 Å². The number of hydrogen-bond acceptors (Lipinski definition) is 1. The predicted molar refractivity (Wildman–Crippen MR) is 85.8 cm³/mol. The number of rotatable bonds is 5. The minimum Gasteiger partial charge on any atom is -0.494 e. The zero-order chi connectivity index (χ0) is 14.5. The molecule has 0 aromatic heterocycles. The summed E-state index contributed by atoms with van der Waals surface area (Å²) in [5.41, 5.74) is 3.55. The quantitative estimate of drug-likeness (QED) is 0.657. The smallest absolute Gasteiger partial charge is 0.119 e. The van der Waals surface area contributed by atoms with Crippen molar-refractivity contribution in [3.63, 3.8) is 0 Å². The van der Waals surface area contributed by atoms with Crippen LogP contribution in [0.5, 0.6) is 5.75 Å². The molecular formula is C18H21ClO. The van der Waals surface area contributed by atoms with Gasteiger partial charge in [0.2, 0.25) is 0 Å². The van der Waals surface area contributed by atoms with E-state index < -0.39 is 0 Å². The van der Waals surface area contributed by atoms with Crippen molar-refractivity contribution < 1.29 is 4.74 Å². The van der Waals surface area contributed by atoms with Gasteiger partial charge in [0, 0.05) is 0 Å². The first-order valence-electron chi connectivity index (χ1n) is 7.08. The van der Waals surface area contributed by atoms with Crippen LogP contribution < -0.4 is 4.74 Å². The maximum Gasteiger partial charge on any atom is 0.119 e. The summed E-state index contributed by atoms with van der Waals surface area (Å²) >= 11 is 6.55. The van der Waals surface area contributed by atoms with Crippen molar-refractivity contribution in [1.29, 1.82) is 0 Å². The van der Waals surface area contributed by atoms with Gasteiger partial charge in [0.25, 0.3) is 0 Å². The molecule has 0 bridgehead atoms. The Hall–Kier alpha value is -1.47. The molecule has 106 valence electrons. The first-order valence-corrected chi connectivity index (χ1v) is 7.52. The second kappa shape index (κ2) is 6.81. The summed E-state index contributed by atoms with van der Waals surface area (Å²) in [6, 6.07) is 16.5. The van der Waals surface area contributed by atoms with Crippen molar-refractivity contribution in [3.05, 3.63) is 65.2 Å². The van der Waals surface area contributed by atoms with Gasteiger partial charge >= 0.3 is 0 Å². The molecule has 2 heteroatoms. The molecule has 0 aliphatic rings. The van der Waals surface area contributed by atoms with Gasteiger partial charge in [-0.3, -0.25) is 0 Å². The van der Waals surface area contributed by atoms with E-state index in [4.69, 9.17) is 16.3 Å². The molecule has 0 aliphatic carbocycles. The van der Waals surface area contributed by atoms with Crippen molar-refractivity contribution in [3.8, 4) is 5.75 Å². The summed E-state index contributed by atoms with van der Waals surface area (Å²) in [5.74, 6) is 1.43. The Morgan fingerprint density at radius 3 is 1.75 bits per heavy atom. The molecule has 0 aliphatic heterocycles. The zero-order valence-corrected chi connectivity index (χ0v) is 13.0. The van der Waals surface area contributed by atoms with Crippen molar-refractivity contribution >= 4 is 11.6 Å². The van der Waals surface area contributed by atoms with E-state index in [9.17, 15) is 0 Å². The lowest BCUT2D eigenvalue weighted by Gasteiger charge is -2.13. The third-order valence-electron chi connectivity index (χ3n) is 3.38. The van der Waals surface area contributed by atoms with Crippen LogP contribution in [0, 0.1) is 0 Å². The van der Waals surface area contributed by atoms with E-state index >= 15 is 0 Å². The molecule has 1 nitrogen and oxygen atoms in total. The molecule has 2 aromatic carbocycles. The van der Waals surface area contributed by atoms with Gasteiger partial charge in [-0.25, -0.2) is 0 Å². The molecule has 20 heavy (non-hydrogen) atoms. The van der Waals surface area contributed by atoms with Gasteiger partial charge in [0.15, 0.2) is 0 Å². The van der Waals surface area contributed by atoms with Crippen molar-refractivity contribution in [2.45, 2.75) is 32.1 Å². The molecule has 1 unspecified atom stereocenters. The average Bonchev–Trinajstić information content (AvgIpc) is 2.48. The first kappa shape index (κ1) is 14.9. The average molecular weight is 289 g/mol. The van der Waals surface area contributed by atoms with Crippen LogP contribution in [-0.4, -0.2) is 6.61 Å². The Balaban J connectivity index is 2.15. The molecular weight excluding hydrogens is 268 g/mol. The van der Waals surface area contributed by atoms with Gasteiger partial charge in [0.1, 0.15) is 5.75 Å². The predicted octanol–water partition coefficient (Wildman–Crippen LogP) is 5.54. The van der Waals surface area contributed by atoms with Crippen LogP contribution in [0.25, 0.3) is 0 Å². The lowest BCUT2D eigenvalue weighted by Crippen LogP contribution is -1.96. The summed E-state index contributed by atoms with van der Waals surface area (Å²) in [7, 11) is 0. The van der Waals surface area contributed by atoms with Gasteiger partial charge in [0.05, 0.1) is 12.0 Å². The van der Waals surface area contributed by atoms with Gasteiger partial charge in [-0.15, -0.1) is 11.6 Å². The Morgan fingerprint density at radius 1 is 0.850 bits per heavy atom. The molecule has 0 radical (unpaired) electrons. The van der Waals surface area contributed by atoms with E-state index in [2.05, 4.69) is 38.1 Å². The zero-order valence-electron chi connectivity index (χ0n) is 12.3. The summed E-state index contributed by atoms with van der Waals surface area (Å²) < 4.78 is 5.45. The molecule has 0 spiro atoms. The van der Waals surface area contributed by atoms with Gasteiger partial charge in [-0.2, -0.15) is 0 Å². The highest BCUT2D eigenvalue weighted by molar-refractivity contribution is 6.22. The van der Waals surface area contributed by atoms with Crippen molar-refractivity contribution in [1.82, 2.24) is 0 Å². The minimum atomic E-state index is -0.119. The summed E-state index contributed by atoms with van der Waals surface area (Å²) in [4.78, 5) is 0. The first-order chi connectivity index (χ1) is 9.61. The molecule has 0 N–H and O–H groups in total. The van der Waals surface area contributed by atoms with E-state index in [1.165, 1.54) is 5.56 Å². The standard InChI is InChI=1S/C18H21ClO/c1-4-20-17-11-9-16(10-12-17)18(19)15-7-5-14(6-8-15)13(2)3/h5-13,18H,4H2,1-3H3. The SMILES string of the molecule is CCOc1ccc(C(Cl)c2ccc(C(C)C)cc2)cc1. The number of alkyl halides is 1. The van der Waals surface area contributed by atoms with E-state index in [1.54, 1.807) is 0 Å². The largest absolute Gasteiger partial charge is 0.494 e. The third-order valence-corrected chi connectivity index (χ3v) is 3.88. The van der Waals surface area contributed by atoms with E-state index in [0.29, 0.717) is 12.5 Å².